The molecule has 0 bridgehead atoms. The summed E-state index contributed by atoms with van der Waals surface area (Å²) >= 11 is 0. The summed E-state index contributed by atoms with van der Waals surface area (Å²) in [6.45, 7) is 6.09. The van der Waals surface area contributed by atoms with Crippen LogP contribution in [0.4, 0.5) is 0 Å². The van der Waals surface area contributed by atoms with Crippen LogP contribution in [0.15, 0.2) is 0 Å². The molecular weight excluding hydrogens is 212 g/mol. The third-order valence-electron chi connectivity index (χ3n) is 1.37. The molecule has 0 aromatic carbocycles. The summed E-state index contributed by atoms with van der Waals surface area (Å²) in [7, 11) is -4.88. The molecule has 2 atom stereocenters. The minimum Gasteiger partial charge on any atom is -0.423 e. The molecule has 0 aromatic rings. The van der Waals surface area contributed by atoms with Gasteiger partial charge in [-0.2, -0.15) is 0 Å². The second-order valence-corrected chi connectivity index (χ2v) is 10.9. The number of rotatable bonds is 0. The Morgan fingerprint density at radius 3 is 1.73 bits per heavy atom. The molecule has 1 fully saturated rings. The van der Waals surface area contributed by atoms with Gasteiger partial charge in [0.2, 0.25) is 0 Å². The van der Waals surface area contributed by atoms with Crippen molar-refractivity contribution >= 4 is 37.9 Å². The van der Waals surface area contributed by atoms with Gasteiger partial charge in [-0.1, -0.05) is 0 Å². The molecule has 0 saturated carbocycles. The fourth-order valence-corrected chi connectivity index (χ4v) is 10.6. The molecule has 66 valence electrons. The van der Waals surface area contributed by atoms with Crippen molar-refractivity contribution in [2.24, 2.45) is 0 Å². The van der Waals surface area contributed by atoms with Crippen LogP contribution in [-0.2, 0) is 16.5 Å². The Morgan fingerprint density at radius 2 is 1.27 bits per heavy atom. The lowest BCUT2D eigenvalue weighted by Crippen LogP contribution is -2.40. The molecule has 1 aliphatic heterocycles. The third-order valence-corrected chi connectivity index (χ3v) is 12.3. The SMILES string of the molecule is C[SiH]1O[SiH2]O[SiH](C)O[SiH](C)O1. The van der Waals surface area contributed by atoms with Crippen LogP contribution in [0.2, 0.25) is 19.6 Å². The number of hydrogen-bond acceptors (Lipinski definition) is 4. The van der Waals surface area contributed by atoms with Gasteiger partial charge < -0.3 is 16.5 Å². The van der Waals surface area contributed by atoms with E-state index in [1.807, 2.05) is 19.6 Å². The summed E-state index contributed by atoms with van der Waals surface area (Å²) in [6.07, 6.45) is 0. The molecule has 1 saturated heterocycles. The minimum atomic E-state index is -1.39. The van der Waals surface area contributed by atoms with Crippen molar-refractivity contribution in [3.8, 4) is 0 Å². The molecule has 0 N–H and O–H groups in total. The lowest BCUT2D eigenvalue weighted by Gasteiger charge is -2.25. The van der Waals surface area contributed by atoms with E-state index in [1.165, 1.54) is 0 Å². The van der Waals surface area contributed by atoms with Crippen molar-refractivity contribution in [1.29, 1.82) is 0 Å². The monoisotopic (exact) mass is 226 g/mol. The highest BCUT2D eigenvalue weighted by Gasteiger charge is 2.20. The molecule has 11 heavy (non-hydrogen) atoms. The van der Waals surface area contributed by atoms with Crippen LogP contribution in [0.1, 0.15) is 0 Å². The summed E-state index contributed by atoms with van der Waals surface area (Å²) in [5.41, 5.74) is 0. The van der Waals surface area contributed by atoms with Gasteiger partial charge in [0.1, 0.15) is 0 Å². The van der Waals surface area contributed by atoms with Crippen molar-refractivity contribution < 1.29 is 16.5 Å². The molecule has 2 unspecified atom stereocenters. The molecule has 0 aliphatic carbocycles. The van der Waals surface area contributed by atoms with Gasteiger partial charge in [0.25, 0.3) is 37.9 Å². The lowest BCUT2D eigenvalue weighted by atomic mass is 11.9. The molecular formula is C3H14O4Si4. The van der Waals surface area contributed by atoms with Gasteiger partial charge in [-0.15, -0.1) is 0 Å². The Bertz CT molecular complexity index is 112. The van der Waals surface area contributed by atoms with Crippen LogP contribution < -0.4 is 0 Å². The Hall–Kier alpha value is 0.708. The van der Waals surface area contributed by atoms with Gasteiger partial charge in [-0.05, 0) is 19.6 Å². The summed E-state index contributed by atoms with van der Waals surface area (Å²) in [6, 6.07) is 0. The van der Waals surface area contributed by atoms with Crippen LogP contribution in [0, 0.1) is 0 Å². The lowest BCUT2D eigenvalue weighted by molar-refractivity contribution is 0.307. The zero-order valence-electron chi connectivity index (χ0n) is 7.07. The van der Waals surface area contributed by atoms with Crippen molar-refractivity contribution in [2.75, 3.05) is 0 Å². The first-order valence-electron chi connectivity index (χ1n) is 3.72. The molecule has 0 spiro atoms. The molecule has 1 heterocycles. The van der Waals surface area contributed by atoms with Crippen molar-refractivity contribution in [3.05, 3.63) is 0 Å². The maximum Gasteiger partial charge on any atom is 0.300 e. The molecule has 0 radical (unpaired) electrons. The second kappa shape index (κ2) is 4.66. The smallest absolute Gasteiger partial charge is 0.300 e. The minimum absolute atomic E-state index is 0.770. The van der Waals surface area contributed by atoms with Gasteiger partial charge in [0, 0.05) is 0 Å². The van der Waals surface area contributed by atoms with E-state index in [0.717, 1.165) is 0 Å². The van der Waals surface area contributed by atoms with Gasteiger partial charge in [-0.3, -0.25) is 0 Å². The third kappa shape index (κ3) is 3.75. The van der Waals surface area contributed by atoms with Crippen LogP contribution in [0.5, 0.6) is 0 Å². The van der Waals surface area contributed by atoms with Crippen LogP contribution in [0.25, 0.3) is 0 Å². The zero-order valence-corrected chi connectivity index (χ0v) is 12.0. The van der Waals surface area contributed by atoms with E-state index in [-0.39, 0.29) is 0 Å². The highest BCUT2D eigenvalue weighted by molar-refractivity contribution is 6.68. The largest absolute Gasteiger partial charge is 0.423 e. The Balaban J connectivity index is 2.34. The van der Waals surface area contributed by atoms with E-state index in [2.05, 4.69) is 0 Å². The maximum atomic E-state index is 5.58. The van der Waals surface area contributed by atoms with E-state index >= 15 is 0 Å². The first kappa shape index (κ1) is 9.79. The molecule has 0 amide bonds. The summed E-state index contributed by atoms with van der Waals surface area (Å²) in [4.78, 5) is 0. The van der Waals surface area contributed by atoms with E-state index in [4.69, 9.17) is 16.5 Å². The predicted octanol–water partition coefficient (Wildman–Crippen LogP) is -1.38. The molecule has 1 rings (SSSR count). The first-order valence-corrected chi connectivity index (χ1v) is 11.2. The fraction of sp³-hybridized carbons (Fsp3) is 1.00. The van der Waals surface area contributed by atoms with Crippen LogP contribution >= 0.6 is 0 Å². The van der Waals surface area contributed by atoms with Gasteiger partial charge in [0.15, 0.2) is 0 Å². The van der Waals surface area contributed by atoms with Crippen molar-refractivity contribution in [3.63, 3.8) is 0 Å². The highest BCUT2D eigenvalue weighted by Crippen LogP contribution is 2.01. The van der Waals surface area contributed by atoms with Crippen LogP contribution in [-0.4, -0.2) is 37.9 Å². The average molecular weight is 226 g/mol. The average Bonchev–Trinajstić information content (AvgIpc) is 1.83. The van der Waals surface area contributed by atoms with Crippen molar-refractivity contribution in [1.82, 2.24) is 0 Å². The normalized spacial score (nSPS) is 43.4. The Kier molecular flexibility index (Phi) is 4.15. The summed E-state index contributed by atoms with van der Waals surface area (Å²) in [5, 5.41) is 0. The van der Waals surface area contributed by atoms with E-state index < -0.39 is 37.9 Å². The van der Waals surface area contributed by atoms with E-state index in [1.54, 1.807) is 0 Å². The summed E-state index contributed by atoms with van der Waals surface area (Å²) < 4.78 is 22.1. The van der Waals surface area contributed by atoms with E-state index in [9.17, 15) is 0 Å². The van der Waals surface area contributed by atoms with Crippen LogP contribution in [0.3, 0.4) is 0 Å². The second-order valence-electron chi connectivity index (χ2n) is 2.43. The Labute approximate surface area is 74.4 Å². The first-order chi connectivity index (χ1) is 5.18. The molecule has 1 aliphatic rings. The predicted molar refractivity (Wildman–Crippen MR) is 51.9 cm³/mol. The van der Waals surface area contributed by atoms with Gasteiger partial charge >= 0.3 is 0 Å². The molecule has 0 aromatic heterocycles. The highest BCUT2D eigenvalue weighted by atomic mass is 28.5. The maximum absolute atomic E-state index is 5.58. The van der Waals surface area contributed by atoms with Gasteiger partial charge in [0.05, 0.1) is 0 Å². The zero-order chi connectivity index (χ0) is 8.27. The molecule has 8 heteroatoms. The Morgan fingerprint density at radius 1 is 0.818 bits per heavy atom. The topological polar surface area (TPSA) is 36.9 Å². The fourth-order valence-electron chi connectivity index (χ4n) is 0.881. The standard InChI is InChI=1S/C3H14O4Si4/c1-9-4-8-5-10(2)7-11(3)6-9/h9-11H,8H2,1-3H3. The summed E-state index contributed by atoms with van der Waals surface area (Å²) in [5.74, 6) is 0. The quantitative estimate of drug-likeness (QED) is 0.477. The van der Waals surface area contributed by atoms with Crippen molar-refractivity contribution in [2.45, 2.75) is 19.6 Å². The number of hydrogen-bond donors (Lipinski definition) is 0. The molecule has 4 nitrogen and oxygen atoms in total. The van der Waals surface area contributed by atoms with E-state index in [0.29, 0.717) is 0 Å². The van der Waals surface area contributed by atoms with Gasteiger partial charge in [-0.25, -0.2) is 0 Å².